The van der Waals surface area contributed by atoms with Crippen molar-refractivity contribution >= 4 is 5.91 Å². The van der Waals surface area contributed by atoms with E-state index in [9.17, 15) is 4.79 Å². The van der Waals surface area contributed by atoms with Crippen LogP contribution in [0.25, 0.3) is 0 Å². The fourth-order valence-corrected chi connectivity index (χ4v) is 3.33. The lowest BCUT2D eigenvalue weighted by Crippen LogP contribution is -2.24. The molecule has 0 heterocycles. The van der Waals surface area contributed by atoms with Crippen molar-refractivity contribution in [1.29, 1.82) is 0 Å². The lowest BCUT2D eigenvalue weighted by Gasteiger charge is -2.06. The van der Waals surface area contributed by atoms with E-state index in [-0.39, 0.29) is 5.91 Å². The largest absolute Gasteiger partial charge is 0.352 e. The zero-order valence-electron chi connectivity index (χ0n) is 17.3. The summed E-state index contributed by atoms with van der Waals surface area (Å²) >= 11 is 0. The first kappa shape index (κ1) is 22.7. The van der Waals surface area contributed by atoms with Gasteiger partial charge in [0.1, 0.15) is 0 Å². The first-order valence-electron chi connectivity index (χ1n) is 11.1. The van der Waals surface area contributed by atoms with Gasteiger partial charge in [0.15, 0.2) is 0 Å². The van der Waals surface area contributed by atoms with Gasteiger partial charge in [-0.3, -0.25) is 4.79 Å². The highest BCUT2D eigenvalue weighted by Crippen LogP contribution is 2.12. The summed E-state index contributed by atoms with van der Waals surface area (Å²) in [6.07, 6.45) is 19.1. The molecule has 2 nitrogen and oxygen atoms in total. The summed E-state index contributed by atoms with van der Waals surface area (Å²) in [7, 11) is 0. The molecule has 0 fully saturated rings. The molecule has 0 saturated carbocycles. The smallest absolute Gasteiger partial charge is 0.251 e. The summed E-state index contributed by atoms with van der Waals surface area (Å²) in [5.41, 5.74) is 1.95. The van der Waals surface area contributed by atoms with Crippen molar-refractivity contribution in [2.75, 3.05) is 6.54 Å². The van der Waals surface area contributed by atoms with Crippen molar-refractivity contribution in [2.24, 2.45) is 0 Å². The van der Waals surface area contributed by atoms with E-state index in [2.05, 4.69) is 12.2 Å². The first-order valence-corrected chi connectivity index (χ1v) is 11.1. The second kappa shape index (κ2) is 15.9. The molecule has 0 atom stereocenters. The molecule has 1 aromatic carbocycles. The highest BCUT2D eigenvalue weighted by atomic mass is 16.1. The van der Waals surface area contributed by atoms with Crippen LogP contribution in [0, 0.1) is 6.92 Å². The highest BCUT2D eigenvalue weighted by molar-refractivity contribution is 5.94. The fourth-order valence-electron chi connectivity index (χ4n) is 3.33. The summed E-state index contributed by atoms with van der Waals surface area (Å²) in [6.45, 7) is 5.11. The molecule has 0 unspecified atom stereocenters. The molecule has 0 aromatic heterocycles. The van der Waals surface area contributed by atoms with Gasteiger partial charge in [-0.15, -0.1) is 0 Å². The van der Waals surface area contributed by atoms with Crippen LogP contribution in [-0.4, -0.2) is 12.5 Å². The van der Waals surface area contributed by atoms with Crippen molar-refractivity contribution in [3.63, 3.8) is 0 Å². The van der Waals surface area contributed by atoms with E-state index >= 15 is 0 Å². The van der Waals surface area contributed by atoms with Gasteiger partial charge in [0.2, 0.25) is 0 Å². The Balaban J connectivity index is 1.82. The maximum absolute atomic E-state index is 12.0. The molecule has 0 spiro atoms. The van der Waals surface area contributed by atoms with Crippen LogP contribution in [0.3, 0.4) is 0 Å². The number of benzene rings is 1. The van der Waals surface area contributed by atoms with Crippen molar-refractivity contribution in [2.45, 2.75) is 104 Å². The van der Waals surface area contributed by atoms with Crippen LogP contribution < -0.4 is 5.32 Å². The lowest BCUT2D eigenvalue weighted by molar-refractivity contribution is 0.0953. The molecule has 0 radical (unpaired) electrons. The average Bonchev–Trinajstić information content (AvgIpc) is 2.65. The van der Waals surface area contributed by atoms with Crippen LogP contribution in [0.2, 0.25) is 0 Å². The van der Waals surface area contributed by atoms with E-state index in [0.29, 0.717) is 0 Å². The molecule has 1 aromatic rings. The third-order valence-corrected chi connectivity index (χ3v) is 5.13. The minimum atomic E-state index is 0.0553. The predicted molar refractivity (Wildman–Crippen MR) is 114 cm³/mol. The van der Waals surface area contributed by atoms with Gasteiger partial charge in [-0.25, -0.2) is 0 Å². The van der Waals surface area contributed by atoms with E-state index in [4.69, 9.17) is 0 Å². The zero-order valence-corrected chi connectivity index (χ0v) is 17.3. The van der Waals surface area contributed by atoms with Crippen LogP contribution in [0.1, 0.15) is 113 Å². The molecule has 2 heteroatoms. The van der Waals surface area contributed by atoms with E-state index < -0.39 is 0 Å². The molecule has 148 valence electrons. The number of nitrogens with one attached hydrogen (secondary N) is 1. The van der Waals surface area contributed by atoms with Crippen LogP contribution in [0.15, 0.2) is 24.3 Å². The highest BCUT2D eigenvalue weighted by Gasteiger charge is 2.03. The Kier molecular flexibility index (Phi) is 13.9. The Labute approximate surface area is 162 Å². The quantitative estimate of drug-likeness (QED) is 0.310. The molecule has 0 saturated heterocycles. The van der Waals surface area contributed by atoms with E-state index in [1.807, 2.05) is 31.2 Å². The molecular formula is C24H41NO. The van der Waals surface area contributed by atoms with E-state index in [1.54, 1.807) is 0 Å². The minimum Gasteiger partial charge on any atom is -0.352 e. The number of amides is 1. The number of carbonyl (C=O) groups excluding carboxylic acids is 1. The Bertz CT molecular complexity index is 452. The predicted octanol–water partition coefficient (Wildman–Crippen LogP) is 7.21. The topological polar surface area (TPSA) is 29.1 Å². The molecule has 0 aliphatic heterocycles. The number of rotatable bonds is 16. The molecule has 0 aliphatic carbocycles. The molecule has 1 rings (SSSR count). The van der Waals surface area contributed by atoms with Crippen molar-refractivity contribution < 1.29 is 4.79 Å². The molecule has 0 bridgehead atoms. The monoisotopic (exact) mass is 359 g/mol. The van der Waals surface area contributed by atoms with Crippen LogP contribution in [0.5, 0.6) is 0 Å². The normalized spacial score (nSPS) is 10.8. The molecule has 0 aliphatic rings. The third kappa shape index (κ3) is 12.1. The molecule has 1 amide bonds. The number of carbonyl (C=O) groups is 1. The maximum Gasteiger partial charge on any atom is 0.251 e. The number of unbranched alkanes of at least 4 members (excludes halogenated alkanes) is 13. The Hall–Kier alpha value is -1.31. The lowest BCUT2D eigenvalue weighted by atomic mass is 10.0. The van der Waals surface area contributed by atoms with Crippen molar-refractivity contribution in [1.82, 2.24) is 5.32 Å². The number of hydrogen-bond donors (Lipinski definition) is 1. The van der Waals surface area contributed by atoms with Gasteiger partial charge in [0.05, 0.1) is 0 Å². The third-order valence-electron chi connectivity index (χ3n) is 5.13. The number of hydrogen-bond acceptors (Lipinski definition) is 1. The van der Waals surface area contributed by atoms with Gasteiger partial charge in [-0.1, -0.05) is 108 Å². The molecule has 26 heavy (non-hydrogen) atoms. The Morgan fingerprint density at radius 3 is 1.58 bits per heavy atom. The van der Waals surface area contributed by atoms with Crippen LogP contribution in [-0.2, 0) is 0 Å². The number of aryl methyl sites for hydroxylation is 1. The van der Waals surface area contributed by atoms with Gasteiger partial charge >= 0.3 is 0 Å². The van der Waals surface area contributed by atoms with E-state index in [1.165, 1.54) is 89.0 Å². The summed E-state index contributed by atoms with van der Waals surface area (Å²) in [5.74, 6) is 0.0553. The standard InChI is InChI=1S/C24H41NO/c1-3-4-5-6-7-8-9-10-11-12-13-14-15-16-21-25-24(26)23-19-17-22(2)18-20-23/h17-20H,3-16,21H2,1-2H3,(H,25,26). The Morgan fingerprint density at radius 2 is 1.12 bits per heavy atom. The molecular weight excluding hydrogens is 318 g/mol. The SMILES string of the molecule is CCCCCCCCCCCCCCCCNC(=O)c1ccc(C)cc1. The maximum atomic E-state index is 12.0. The minimum absolute atomic E-state index is 0.0553. The van der Waals surface area contributed by atoms with Gasteiger partial charge in [-0.2, -0.15) is 0 Å². The van der Waals surface area contributed by atoms with Gasteiger partial charge in [-0.05, 0) is 25.5 Å². The second-order valence-corrected chi connectivity index (χ2v) is 7.72. The van der Waals surface area contributed by atoms with Crippen molar-refractivity contribution in [3.05, 3.63) is 35.4 Å². The summed E-state index contributed by atoms with van der Waals surface area (Å²) in [6, 6.07) is 7.77. The fraction of sp³-hybridized carbons (Fsp3) is 0.708. The van der Waals surface area contributed by atoms with Crippen LogP contribution >= 0.6 is 0 Å². The second-order valence-electron chi connectivity index (χ2n) is 7.72. The van der Waals surface area contributed by atoms with Crippen LogP contribution in [0.4, 0.5) is 0 Å². The first-order chi connectivity index (χ1) is 12.7. The summed E-state index contributed by atoms with van der Waals surface area (Å²) in [5, 5.41) is 3.02. The Morgan fingerprint density at radius 1 is 0.692 bits per heavy atom. The van der Waals surface area contributed by atoms with E-state index in [0.717, 1.165) is 18.5 Å². The zero-order chi connectivity index (χ0) is 18.9. The van der Waals surface area contributed by atoms with Crippen molar-refractivity contribution in [3.8, 4) is 0 Å². The average molecular weight is 360 g/mol. The van der Waals surface area contributed by atoms with Gasteiger partial charge < -0.3 is 5.32 Å². The molecule has 1 N–H and O–H groups in total. The summed E-state index contributed by atoms with van der Waals surface area (Å²) < 4.78 is 0. The van der Waals surface area contributed by atoms with Gasteiger partial charge in [0, 0.05) is 12.1 Å². The van der Waals surface area contributed by atoms with Gasteiger partial charge in [0.25, 0.3) is 5.91 Å². The summed E-state index contributed by atoms with van der Waals surface area (Å²) in [4.78, 5) is 12.0.